The molecular weight excluding hydrogens is 492 g/mol. The fourth-order valence-corrected chi connectivity index (χ4v) is 5.47. The van der Waals surface area contributed by atoms with E-state index in [-0.39, 0.29) is 11.4 Å². The van der Waals surface area contributed by atoms with Crippen molar-refractivity contribution in [2.45, 2.75) is 24.8 Å². The van der Waals surface area contributed by atoms with Gasteiger partial charge in [-0.3, -0.25) is 9.10 Å². The molecule has 0 saturated heterocycles. The van der Waals surface area contributed by atoms with E-state index in [1.807, 2.05) is 74.5 Å². The molecule has 7 heteroatoms. The molecule has 184 valence electrons. The third-order valence-electron chi connectivity index (χ3n) is 5.83. The van der Waals surface area contributed by atoms with Gasteiger partial charge in [0.05, 0.1) is 16.6 Å². The highest BCUT2D eigenvalue weighted by atomic mass is 35.5. The summed E-state index contributed by atoms with van der Waals surface area (Å²) in [4.78, 5) is 13.5. The van der Waals surface area contributed by atoms with E-state index in [4.69, 9.17) is 11.6 Å². The minimum Gasteiger partial charge on any atom is -0.344 e. The van der Waals surface area contributed by atoms with E-state index in [1.54, 1.807) is 18.2 Å². The first-order chi connectivity index (χ1) is 17.2. The Morgan fingerprint density at radius 1 is 0.806 bits per heavy atom. The predicted octanol–water partition coefficient (Wildman–Crippen LogP) is 6.06. The Morgan fingerprint density at radius 3 is 2.08 bits per heavy atom. The summed E-state index contributed by atoms with van der Waals surface area (Å²) in [6.07, 6.45) is 0. The maximum absolute atomic E-state index is 13.7. The van der Waals surface area contributed by atoms with Gasteiger partial charge in [-0.1, -0.05) is 83.9 Å². The van der Waals surface area contributed by atoms with Crippen LogP contribution in [0.3, 0.4) is 0 Å². The first-order valence-electron chi connectivity index (χ1n) is 11.5. The zero-order valence-electron chi connectivity index (χ0n) is 20.1. The molecular formula is C29H27ClN2O3S. The van der Waals surface area contributed by atoms with Crippen LogP contribution in [0.1, 0.15) is 28.3 Å². The molecule has 4 aromatic rings. The molecule has 5 nitrogen and oxygen atoms in total. The van der Waals surface area contributed by atoms with Gasteiger partial charge in [0, 0.05) is 5.02 Å². The van der Waals surface area contributed by atoms with E-state index in [2.05, 4.69) is 5.32 Å². The molecule has 1 amide bonds. The number of carbonyl (C=O) groups excluding carboxylic acids is 1. The minimum atomic E-state index is -4.04. The number of halogens is 1. The highest BCUT2D eigenvalue weighted by Gasteiger charge is 2.28. The van der Waals surface area contributed by atoms with Crippen molar-refractivity contribution in [3.05, 3.63) is 130 Å². The number of amides is 1. The highest BCUT2D eigenvalue weighted by Crippen LogP contribution is 2.27. The van der Waals surface area contributed by atoms with E-state index < -0.39 is 22.0 Å². The summed E-state index contributed by atoms with van der Waals surface area (Å²) in [6.45, 7) is 3.49. The Kier molecular flexibility index (Phi) is 7.77. The van der Waals surface area contributed by atoms with Crippen LogP contribution in [0.2, 0.25) is 5.02 Å². The number of benzene rings is 4. The third kappa shape index (κ3) is 5.96. The third-order valence-corrected chi connectivity index (χ3v) is 7.87. The van der Waals surface area contributed by atoms with Gasteiger partial charge in [0.1, 0.15) is 6.54 Å². The zero-order chi connectivity index (χ0) is 25.7. The minimum absolute atomic E-state index is 0.0550. The molecule has 0 radical (unpaired) electrons. The van der Waals surface area contributed by atoms with E-state index in [9.17, 15) is 13.2 Å². The summed E-state index contributed by atoms with van der Waals surface area (Å²) >= 11 is 5.97. The van der Waals surface area contributed by atoms with Crippen LogP contribution in [0.25, 0.3) is 0 Å². The molecule has 0 aliphatic carbocycles. The predicted molar refractivity (Wildman–Crippen MR) is 145 cm³/mol. The highest BCUT2D eigenvalue weighted by molar-refractivity contribution is 7.92. The molecule has 0 aliphatic rings. The van der Waals surface area contributed by atoms with Gasteiger partial charge < -0.3 is 5.32 Å². The SMILES string of the molecule is Cc1ccc([C@H](NC(=O)CN(c2cccc(C)c2)S(=O)(=O)c2ccc(Cl)cc2)c2ccccc2)cc1. The van der Waals surface area contributed by atoms with Gasteiger partial charge in [0.15, 0.2) is 0 Å². The van der Waals surface area contributed by atoms with Crippen molar-refractivity contribution < 1.29 is 13.2 Å². The smallest absolute Gasteiger partial charge is 0.264 e. The van der Waals surface area contributed by atoms with Crippen LogP contribution in [-0.4, -0.2) is 20.9 Å². The lowest BCUT2D eigenvalue weighted by atomic mass is 9.98. The topological polar surface area (TPSA) is 66.5 Å². The molecule has 0 fully saturated rings. The lowest BCUT2D eigenvalue weighted by molar-refractivity contribution is -0.120. The van der Waals surface area contributed by atoms with Crippen LogP contribution in [0.4, 0.5) is 5.69 Å². The van der Waals surface area contributed by atoms with Crippen molar-refractivity contribution in [1.29, 1.82) is 0 Å². The number of nitrogens with zero attached hydrogens (tertiary/aromatic N) is 1. The second kappa shape index (κ2) is 11.0. The van der Waals surface area contributed by atoms with Crippen molar-refractivity contribution >= 4 is 33.2 Å². The fraction of sp³-hybridized carbons (Fsp3) is 0.138. The van der Waals surface area contributed by atoms with Gasteiger partial charge in [-0.15, -0.1) is 0 Å². The lowest BCUT2D eigenvalue weighted by Crippen LogP contribution is -2.42. The van der Waals surface area contributed by atoms with Crippen LogP contribution in [-0.2, 0) is 14.8 Å². The molecule has 0 saturated carbocycles. The number of rotatable bonds is 8. The number of aryl methyl sites for hydroxylation is 2. The van der Waals surface area contributed by atoms with Crippen molar-refractivity contribution in [1.82, 2.24) is 5.32 Å². The molecule has 1 atom stereocenters. The van der Waals surface area contributed by atoms with Crippen molar-refractivity contribution in [3.63, 3.8) is 0 Å². The number of hydrogen-bond donors (Lipinski definition) is 1. The van der Waals surface area contributed by atoms with Gasteiger partial charge in [-0.25, -0.2) is 8.42 Å². The van der Waals surface area contributed by atoms with Crippen LogP contribution >= 0.6 is 11.6 Å². The second-order valence-electron chi connectivity index (χ2n) is 8.63. The summed E-state index contributed by atoms with van der Waals surface area (Å²) in [5.74, 6) is -0.427. The van der Waals surface area contributed by atoms with E-state index in [0.29, 0.717) is 10.7 Å². The van der Waals surface area contributed by atoms with Gasteiger partial charge >= 0.3 is 0 Å². The van der Waals surface area contributed by atoms with E-state index >= 15 is 0 Å². The Morgan fingerprint density at radius 2 is 1.44 bits per heavy atom. The largest absolute Gasteiger partial charge is 0.344 e. The molecule has 0 aromatic heterocycles. The Bertz CT molecular complexity index is 1440. The molecule has 0 bridgehead atoms. The number of anilines is 1. The fourth-order valence-electron chi connectivity index (χ4n) is 3.93. The standard InChI is InChI=1S/C29H27ClN2O3S/c1-21-11-13-24(14-12-21)29(23-8-4-3-5-9-23)31-28(33)20-32(26-10-6-7-22(2)19-26)36(34,35)27-17-15-25(30)16-18-27/h3-19,29H,20H2,1-2H3,(H,31,33)/t29-/m1/s1. The van der Waals surface area contributed by atoms with Gasteiger partial charge in [-0.2, -0.15) is 0 Å². The second-order valence-corrected chi connectivity index (χ2v) is 10.9. The van der Waals surface area contributed by atoms with Crippen LogP contribution in [0.15, 0.2) is 108 Å². The molecule has 0 heterocycles. The first-order valence-corrected chi connectivity index (χ1v) is 13.3. The van der Waals surface area contributed by atoms with Crippen LogP contribution in [0.5, 0.6) is 0 Å². The van der Waals surface area contributed by atoms with Crippen molar-refractivity contribution in [2.24, 2.45) is 0 Å². The summed E-state index contributed by atoms with van der Waals surface area (Å²) in [6, 6.07) is 30.1. The van der Waals surface area contributed by atoms with E-state index in [0.717, 1.165) is 26.6 Å². The Balaban J connectivity index is 1.68. The number of hydrogen-bond acceptors (Lipinski definition) is 3. The van der Waals surface area contributed by atoms with Gasteiger partial charge in [-0.05, 0) is 66.9 Å². The number of sulfonamides is 1. The Hall–Kier alpha value is -3.61. The van der Waals surface area contributed by atoms with Crippen LogP contribution < -0.4 is 9.62 Å². The lowest BCUT2D eigenvalue weighted by Gasteiger charge is -2.26. The molecule has 36 heavy (non-hydrogen) atoms. The maximum Gasteiger partial charge on any atom is 0.264 e. The summed E-state index contributed by atoms with van der Waals surface area (Å²) in [5.41, 5.74) is 4.20. The van der Waals surface area contributed by atoms with Gasteiger partial charge in [0.2, 0.25) is 5.91 Å². The quantitative estimate of drug-likeness (QED) is 0.308. The normalized spacial score (nSPS) is 12.1. The molecule has 4 rings (SSSR count). The van der Waals surface area contributed by atoms with Crippen molar-refractivity contribution in [3.8, 4) is 0 Å². The summed E-state index contributed by atoms with van der Waals surface area (Å²) < 4.78 is 28.4. The number of carbonyl (C=O) groups is 1. The summed E-state index contributed by atoms with van der Waals surface area (Å²) in [5, 5.41) is 3.48. The average molecular weight is 519 g/mol. The van der Waals surface area contributed by atoms with E-state index in [1.165, 1.54) is 24.3 Å². The van der Waals surface area contributed by atoms with Crippen molar-refractivity contribution in [2.75, 3.05) is 10.8 Å². The molecule has 0 aliphatic heterocycles. The zero-order valence-corrected chi connectivity index (χ0v) is 21.6. The average Bonchev–Trinajstić information content (AvgIpc) is 2.87. The maximum atomic E-state index is 13.7. The molecule has 0 spiro atoms. The summed E-state index contributed by atoms with van der Waals surface area (Å²) in [7, 11) is -4.04. The van der Waals surface area contributed by atoms with Crippen LogP contribution in [0, 0.1) is 13.8 Å². The monoisotopic (exact) mass is 518 g/mol. The first kappa shape index (κ1) is 25.5. The molecule has 1 N–H and O–H groups in total. The number of nitrogens with one attached hydrogen (secondary N) is 1. The molecule has 4 aromatic carbocycles. The Labute approximate surface area is 217 Å². The molecule has 0 unspecified atom stereocenters. The van der Waals surface area contributed by atoms with Gasteiger partial charge in [0.25, 0.3) is 10.0 Å².